The van der Waals surface area contributed by atoms with Crippen LogP contribution < -0.4 is 14.4 Å². The number of para-hydroxylation sites is 1. The SMILES string of the molecule is CN(C(=O)Oc1ccccc1)c1ccc(OCc2noc3c2CCCC3)cc1. The fourth-order valence-corrected chi connectivity index (χ4v) is 3.24. The van der Waals surface area contributed by atoms with E-state index in [4.69, 9.17) is 14.0 Å². The smallest absolute Gasteiger partial charge is 0.419 e. The molecule has 0 radical (unpaired) electrons. The predicted molar refractivity (Wildman–Crippen MR) is 105 cm³/mol. The van der Waals surface area contributed by atoms with Crippen LogP contribution in [-0.2, 0) is 19.4 Å². The third kappa shape index (κ3) is 4.01. The van der Waals surface area contributed by atoms with E-state index in [0.717, 1.165) is 30.7 Å². The number of benzene rings is 2. The first-order chi connectivity index (χ1) is 13.7. The predicted octanol–water partition coefficient (Wildman–Crippen LogP) is 4.77. The van der Waals surface area contributed by atoms with Crippen LogP contribution in [0.15, 0.2) is 59.1 Å². The van der Waals surface area contributed by atoms with Gasteiger partial charge in [-0.15, -0.1) is 0 Å². The molecule has 3 aromatic rings. The number of rotatable bonds is 5. The summed E-state index contributed by atoms with van der Waals surface area (Å²) in [6.45, 7) is 0.379. The molecule has 2 aromatic carbocycles. The van der Waals surface area contributed by atoms with E-state index < -0.39 is 6.09 Å². The van der Waals surface area contributed by atoms with Crippen molar-refractivity contribution >= 4 is 11.8 Å². The minimum Gasteiger partial charge on any atom is -0.487 e. The van der Waals surface area contributed by atoms with Gasteiger partial charge in [-0.3, -0.25) is 4.90 Å². The molecule has 0 saturated heterocycles. The summed E-state index contributed by atoms with van der Waals surface area (Å²) in [6, 6.07) is 16.3. The Morgan fingerprint density at radius 1 is 1.04 bits per heavy atom. The quantitative estimate of drug-likeness (QED) is 0.640. The van der Waals surface area contributed by atoms with Gasteiger partial charge in [0.05, 0.1) is 0 Å². The molecule has 1 aliphatic rings. The lowest BCUT2D eigenvalue weighted by Gasteiger charge is -2.17. The molecule has 0 unspecified atom stereocenters. The second-order valence-corrected chi connectivity index (χ2v) is 6.76. The van der Waals surface area contributed by atoms with Gasteiger partial charge in [0.15, 0.2) is 0 Å². The molecule has 0 atom stereocenters. The molecule has 0 aliphatic heterocycles. The van der Waals surface area contributed by atoms with Crippen molar-refractivity contribution in [3.63, 3.8) is 0 Å². The van der Waals surface area contributed by atoms with Crippen molar-refractivity contribution in [3.8, 4) is 11.5 Å². The second-order valence-electron chi connectivity index (χ2n) is 6.76. The molecule has 144 valence electrons. The summed E-state index contributed by atoms with van der Waals surface area (Å²) < 4.78 is 16.6. The van der Waals surface area contributed by atoms with E-state index in [-0.39, 0.29) is 0 Å². The molecular weight excluding hydrogens is 356 g/mol. The van der Waals surface area contributed by atoms with E-state index in [2.05, 4.69) is 5.16 Å². The topological polar surface area (TPSA) is 64.8 Å². The van der Waals surface area contributed by atoms with Crippen molar-refractivity contribution in [1.29, 1.82) is 0 Å². The fourth-order valence-electron chi connectivity index (χ4n) is 3.24. The van der Waals surface area contributed by atoms with Gasteiger partial charge in [-0.1, -0.05) is 23.4 Å². The van der Waals surface area contributed by atoms with Crippen LogP contribution in [0.3, 0.4) is 0 Å². The Labute approximate surface area is 163 Å². The Hall–Kier alpha value is -3.28. The Balaban J connectivity index is 1.35. The maximum absolute atomic E-state index is 12.3. The van der Waals surface area contributed by atoms with Gasteiger partial charge in [0, 0.05) is 24.7 Å². The number of aromatic nitrogens is 1. The molecule has 0 spiro atoms. The summed E-state index contributed by atoms with van der Waals surface area (Å²) in [4.78, 5) is 13.7. The van der Waals surface area contributed by atoms with E-state index in [9.17, 15) is 4.79 Å². The Morgan fingerprint density at radius 3 is 2.57 bits per heavy atom. The highest BCUT2D eigenvalue weighted by Gasteiger charge is 2.19. The van der Waals surface area contributed by atoms with Gasteiger partial charge >= 0.3 is 6.09 Å². The van der Waals surface area contributed by atoms with Crippen LogP contribution in [0.1, 0.15) is 29.9 Å². The van der Waals surface area contributed by atoms with Gasteiger partial charge in [-0.2, -0.15) is 0 Å². The summed E-state index contributed by atoms with van der Waals surface area (Å²) in [5.74, 6) is 2.22. The normalized spacial score (nSPS) is 12.9. The summed E-state index contributed by atoms with van der Waals surface area (Å²) in [5, 5.41) is 4.15. The molecule has 4 rings (SSSR count). The van der Waals surface area contributed by atoms with E-state index in [1.54, 1.807) is 19.2 Å². The minimum absolute atomic E-state index is 0.379. The van der Waals surface area contributed by atoms with E-state index in [1.165, 1.54) is 16.9 Å². The number of aryl methyl sites for hydroxylation is 1. The Kier molecular flexibility index (Phi) is 5.28. The van der Waals surface area contributed by atoms with Gasteiger partial charge in [-0.05, 0) is 55.7 Å². The zero-order chi connectivity index (χ0) is 19.3. The van der Waals surface area contributed by atoms with E-state index in [0.29, 0.717) is 23.8 Å². The number of ether oxygens (including phenoxy) is 2. The molecule has 0 bridgehead atoms. The zero-order valence-electron chi connectivity index (χ0n) is 15.8. The number of anilines is 1. The first kappa shape index (κ1) is 18.1. The molecule has 0 N–H and O–H groups in total. The Morgan fingerprint density at radius 2 is 1.79 bits per heavy atom. The highest BCUT2D eigenvalue weighted by molar-refractivity contribution is 5.88. The molecule has 1 heterocycles. The second kappa shape index (κ2) is 8.17. The molecular formula is C22H22N2O4. The monoisotopic (exact) mass is 378 g/mol. The maximum Gasteiger partial charge on any atom is 0.419 e. The molecule has 1 aliphatic carbocycles. The standard InChI is InChI=1S/C22H22N2O4/c1-24(22(25)27-18-7-3-2-4-8-18)16-11-13-17(14-12-16)26-15-20-19-9-5-6-10-21(19)28-23-20/h2-4,7-8,11-14H,5-6,9-10,15H2,1H3. The highest BCUT2D eigenvalue weighted by Crippen LogP contribution is 2.26. The summed E-state index contributed by atoms with van der Waals surface area (Å²) >= 11 is 0. The summed E-state index contributed by atoms with van der Waals surface area (Å²) in [6.07, 6.45) is 3.84. The van der Waals surface area contributed by atoms with Gasteiger partial charge in [-0.25, -0.2) is 4.79 Å². The van der Waals surface area contributed by atoms with Crippen molar-refractivity contribution in [1.82, 2.24) is 5.16 Å². The van der Waals surface area contributed by atoms with E-state index >= 15 is 0 Å². The third-order valence-electron chi connectivity index (χ3n) is 4.85. The molecule has 28 heavy (non-hydrogen) atoms. The Bertz CT molecular complexity index is 935. The van der Waals surface area contributed by atoms with Crippen LogP contribution in [-0.4, -0.2) is 18.3 Å². The average molecular weight is 378 g/mol. The number of nitrogens with zero attached hydrogens (tertiary/aromatic N) is 2. The molecule has 0 saturated carbocycles. The first-order valence-electron chi connectivity index (χ1n) is 9.40. The molecule has 0 fully saturated rings. The number of hydrogen-bond acceptors (Lipinski definition) is 5. The van der Waals surface area contributed by atoms with Crippen LogP contribution in [0.5, 0.6) is 11.5 Å². The van der Waals surface area contributed by atoms with Crippen LogP contribution in [0.4, 0.5) is 10.5 Å². The lowest BCUT2D eigenvalue weighted by Crippen LogP contribution is -2.29. The lowest BCUT2D eigenvalue weighted by atomic mass is 9.97. The number of fused-ring (bicyclic) bond motifs is 1. The number of carbonyl (C=O) groups excluding carboxylic acids is 1. The van der Waals surface area contributed by atoms with Crippen LogP contribution >= 0.6 is 0 Å². The van der Waals surface area contributed by atoms with Gasteiger partial charge in [0.25, 0.3) is 0 Å². The van der Waals surface area contributed by atoms with Crippen molar-refractivity contribution in [2.45, 2.75) is 32.3 Å². The fraction of sp³-hybridized carbons (Fsp3) is 0.273. The third-order valence-corrected chi connectivity index (χ3v) is 4.85. The molecule has 6 nitrogen and oxygen atoms in total. The zero-order valence-corrected chi connectivity index (χ0v) is 15.8. The van der Waals surface area contributed by atoms with Crippen molar-refractivity contribution in [3.05, 3.63) is 71.6 Å². The molecule has 1 amide bonds. The average Bonchev–Trinajstić information content (AvgIpc) is 3.16. The van der Waals surface area contributed by atoms with Gasteiger partial charge < -0.3 is 14.0 Å². The van der Waals surface area contributed by atoms with E-state index in [1.807, 2.05) is 42.5 Å². The minimum atomic E-state index is -0.450. The van der Waals surface area contributed by atoms with Crippen molar-refractivity contribution in [2.24, 2.45) is 0 Å². The van der Waals surface area contributed by atoms with Gasteiger partial charge in [0.2, 0.25) is 0 Å². The number of carbonyl (C=O) groups is 1. The van der Waals surface area contributed by atoms with Crippen LogP contribution in [0.2, 0.25) is 0 Å². The largest absolute Gasteiger partial charge is 0.487 e. The molecule has 1 aromatic heterocycles. The first-order valence-corrected chi connectivity index (χ1v) is 9.40. The highest BCUT2D eigenvalue weighted by atomic mass is 16.6. The van der Waals surface area contributed by atoms with Crippen LogP contribution in [0, 0.1) is 0 Å². The summed E-state index contributed by atoms with van der Waals surface area (Å²) in [5.41, 5.74) is 2.79. The van der Waals surface area contributed by atoms with Crippen molar-refractivity contribution in [2.75, 3.05) is 11.9 Å². The maximum atomic E-state index is 12.3. The van der Waals surface area contributed by atoms with Gasteiger partial charge in [0.1, 0.15) is 29.6 Å². The summed E-state index contributed by atoms with van der Waals surface area (Å²) in [7, 11) is 1.67. The van der Waals surface area contributed by atoms with Crippen molar-refractivity contribution < 1.29 is 18.8 Å². The van der Waals surface area contributed by atoms with Crippen LogP contribution in [0.25, 0.3) is 0 Å². The number of hydrogen-bond donors (Lipinski definition) is 0. The molecule has 6 heteroatoms. The number of amides is 1. The lowest BCUT2D eigenvalue weighted by molar-refractivity contribution is 0.209.